The van der Waals surface area contributed by atoms with Gasteiger partial charge in [-0.3, -0.25) is 14.5 Å². The molecular formula is C19H16ClN5O2. The first-order chi connectivity index (χ1) is 13.0. The maximum Gasteiger partial charge on any atom is 0.242 e. The van der Waals surface area contributed by atoms with Crippen LogP contribution in [0.5, 0.6) is 0 Å². The van der Waals surface area contributed by atoms with Gasteiger partial charge in [0.1, 0.15) is 5.82 Å². The van der Waals surface area contributed by atoms with Crippen molar-refractivity contribution in [2.45, 2.75) is 19.3 Å². The van der Waals surface area contributed by atoms with E-state index >= 15 is 0 Å². The molecule has 0 bridgehead atoms. The van der Waals surface area contributed by atoms with E-state index in [1.165, 1.54) is 9.58 Å². The lowest BCUT2D eigenvalue weighted by molar-refractivity contribution is -0.121. The van der Waals surface area contributed by atoms with Gasteiger partial charge in [0.15, 0.2) is 5.82 Å². The molecule has 2 aromatic heterocycles. The number of amides is 2. The molecule has 1 aromatic carbocycles. The van der Waals surface area contributed by atoms with Crippen LogP contribution in [0.3, 0.4) is 0 Å². The number of nitrogen functional groups attached to an aromatic ring is 1. The zero-order valence-electron chi connectivity index (χ0n) is 14.5. The zero-order chi connectivity index (χ0) is 19.1. The lowest BCUT2D eigenvalue weighted by Gasteiger charge is -2.15. The summed E-state index contributed by atoms with van der Waals surface area (Å²) in [5.41, 5.74) is 7.94. The van der Waals surface area contributed by atoms with Gasteiger partial charge in [0.25, 0.3) is 0 Å². The van der Waals surface area contributed by atoms with Crippen molar-refractivity contribution in [1.29, 1.82) is 0 Å². The van der Waals surface area contributed by atoms with E-state index in [1.54, 1.807) is 49.5 Å². The Morgan fingerprint density at radius 1 is 1.15 bits per heavy atom. The molecule has 0 unspecified atom stereocenters. The number of imide groups is 1. The Bertz CT molecular complexity index is 1030. The third-order valence-corrected chi connectivity index (χ3v) is 4.84. The van der Waals surface area contributed by atoms with E-state index in [2.05, 4.69) is 10.1 Å². The molecule has 2 amide bonds. The number of hydrogen-bond acceptors (Lipinski definition) is 5. The summed E-state index contributed by atoms with van der Waals surface area (Å²) in [6.07, 6.45) is 1.68. The summed E-state index contributed by atoms with van der Waals surface area (Å²) in [5, 5.41) is 4.96. The van der Waals surface area contributed by atoms with Crippen molar-refractivity contribution in [1.82, 2.24) is 14.8 Å². The van der Waals surface area contributed by atoms with Crippen LogP contribution in [0.25, 0.3) is 5.82 Å². The molecule has 1 atom stereocenters. The van der Waals surface area contributed by atoms with Gasteiger partial charge in [-0.05, 0) is 43.3 Å². The zero-order valence-corrected chi connectivity index (χ0v) is 15.2. The normalized spacial score (nSPS) is 17.0. The third kappa shape index (κ3) is 2.86. The second kappa shape index (κ2) is 6.51. The van der Waals surface area contributed by atoms with Gasteiger partial charge in [0.05, 0.1) is 17.3 Å². The van der Waals surface area contributed by atoms with Crippen LogP contribution in [-0.4, -0.2) is 26.6 Å². The van der Waals surface area contributed by atoms with Crippen LogP contribution in [0.15, 0.2) is 48.7 Å². The van der Waals surface area contributed by atoms with Crippen LogP contribution in [0.4, 0.5) is 11.5 Å². The SMILES string of the molecule is Cc1nn(-c2ccccn2)c(N)c1[C@@H]1CC(=O)N(c2ccc(Cl)cc2)C1=O. The molecule has 3 heterocycles. The number of halogens is 1. The van der Waals surface area contributed by atoms with E-state index in [9.17, 15) is 9.59 Å². The van der Waals surface area contributed by atoms with Crippen molar-refractivity contribution in [3.8, 4) is 5.82 Å². The van der Waals surface area contributed by atoms with E-state index < -0.39 is 5.92 Å². The summed E-state index contributed by atoms with van der Waals surface area (Å²) < 4.78 is 1.49. The van der Waals surface area contributed by atoms with Gasteiger partial charge >= 0.3 is 0 Å². The second-order valence-corrected chi connectivity index (χ2v) is 6.72. The smallest absolute Gasteiger partial charge is 0.242 e. The molecule has 3 aromatic rings. The Kier molecular flexibility index (Phi) is 4.16. The van der Waals surface area contributed by atoms with Crippen LogP contribution < -0.4 is 10.6 Å². The number of nitrogens with zero attached hydrogens (tertiary/aromatic N) is 4. The largest absolute Gasteiger partial charge is 0.383 e. The molecule has 136 valence electrons. The Balaban J connectivity index is 1.73. The average Bonchev–Trinajstić information content (AvgIpc) is 3.12. The lowest BCUT2D eigenvalue weighted by Crippen LogP contribution is -2.30. The summed E-state index contributed by atoms with van der Waals surface area (Å²) in [4.78, 5) is 31.0. The van der Waals surface area contributed by atoms with Crippen LogP contribution >= 0.6 is 11.6 Å². The molecular weight excluding hydrogens is 366 g/mol. The number of benzene rings is 1. The van der Waals surface area contributed by atoms with Gasteiger partial charge < -0.3 is 5.73 Å². The molecule has 4 rings (SSSR count). The minimum absolute atomic E-state index is 0.0421. The Hall–Kier alpha value is -3.19. The van der Waals surface area contributed by atoms with Crippen molar-refractivity contribution < 1.29 is 9.59 Å². The van der Waals surface area contributed by atoms with Crippen molar-refractivity contribution in [2.75, 3.05) is 10.6 Å². The quantitative estimate of drug-likeness (QED) is 0.704. The first-order valence-electron chi connectivity index (χ1n) is 8.36. The number of aryl methyl sites for hydroxylation is 1. The second-order valence-electron chi connectivity index (χ2n) is 6.28. The molecule has 1 fully saturated rings. The van der Waals surface area contributed by atoms with Gasteiger partial charge in [-0.2, -0.15) is 9.78 Å². The molecule has 1 aliphatic rings. The predicted molar refractivity (Wildman–Crippen MR) is 102 cm³/mol. The van der Waals surface area contributed by atoms with Crippen LogP contribution in [0.1, 0.15) is 23.6 Å². The van der Waals surface area contributed by atoms with Crippen molar-refractivity contribution in [3.63, 3.8) is 0 Å². The molecule has 27 heavy (non-hydrogen) atoms. The van der Waals surface area contributed by atoms with Gasteiger partial charge in [-0.25, -0.2) is 4.98 Å². The number of pyridine rings is 1. The molecule has 0 aliphatic carbocycles. The molecule has 8 heteroatoms. The predicted octanol–water partition coefficient (Wildman–Crippen LogP) is 2.86. The highest BCUT2D eigenvalue weighted by Crippen LogP contribution is 2.38. The molecule has 1 aliphatic heterocycles. The van der Waals surface area contributed by atoms with E-state index in [1.807, 2.05) is 6.07 Å². The first kappa shape index (κ1) is 17.2. The lowest BCUT2D eigenvalue weighted by atomic mass is 9.97. The fourth-order valence-corrected chi connectivity index (χ4v) is 3.49. The van der Waals surface area contributed by atoms with Crippen molar-refractivity contribution in [3.05, 3.63) is 64.9 Å². The highest BCUT2D eigenvalue weighted by molar-refractivity contribution is 6.30. The summed E-state index contributed by atoms with van der Waals surface area (Å²) >= 11 is 5.90. The third-order valence-electron chi connectivity index (χ3n) is 4.59. The van der Waals surface area contributed by atoms with Crippen molar-refractivity contribution >= 4 is 34.9 Å². The number of rotatable bonds is 3. The summed E-state index contributed by atoms with van der Waals surface area (Å²) in [5.74, 6) is -0.411. The highest BCUT2D eigenvalue weighted by Gasteiger charge is 2.43. The number of carbonyl (C=O) groups is 2. The molecule has 0 radical (unpaired) electrons. The number of carbonyl (C=O) groups excluding carboxylic acids is 2. The minimum atomic E-state index is -0.675. The first-order valence-corrected chi connectivity index (χ1v) is 8.74. The van der Waals surface area contributed by atoms with Crippen LogP contribution in [-0.2, 0) is 9.59 Å². The van der Waals surface area contributed by atoms with Gasteiger partial charge in [-0.1, -0.05) is 17.7 Å². The van der Waals surface area contributed by atoms with Crippen molar-refractivity contribution in [2.24, 2.45) is 0 Å². The van der Waals surface area contributed by atoms with E-state index in [-0.39, 0.29) is 18.2 Å². The Morgan fingerprint density at radius 2 is 1.89 bits per heavy atom. The molecule has 0 saturated carbocycles. The number of anilines is 2. The maximum absolute atomic E-state index is 13.0. The number of hydrogen-bond donors (Lipinski definition) is 1. The van der Waals surface area contributed by atoms with Crippen LogP contribution in [0, 0.1) is 6.92 Å². The molecule has 2 N–H and O–H groups in total. The highest BCUT2D eigenvalue weighted by atomic mass is 35.5. The summed E-state index contributed by atoms with van der Waals surface area (Å²) in [6, 6.07) is 12.0. The fourth-order valence-electron chi connectivity index (χ4n) is 3.36. The topological polar surface area (TPSA) is 94.1 Å². The van der Waals surface area contributed by atoms with E-state index in [0.717, 1.165) is 0 Å². The number of nitrogens with two attached hydrogens (primary N) is 1. The standard InChI is InChI=1S/C19H16ClN5O2/c1-11-17(18(21)25(23-11)15-4-2-3-9-22-15)14-10-16(26)24(19(14)27)13-7-5-12(20)6-8-13/h2-9,14H,10,21H2,1H3/t14-/m0/s1. The Labute approximate surface area is 160 Å². The van der Waals surface area contributed by atoms with E-state index in [0.29, 0.717) is 33.6 Å². The van der Waals surface area contributed by atoms with Gasteiger partial charge in [0, 0.05) is 23.2 Å². The maximum atomic E-state index is 13.0. The van der Waals surface area contributed by atoms with Crippen LogP contribution in [0.2, 0.25) is 5.02 Å². The Morgan fingerprint density at radius 3 is 2.56 bits per heavy atom. The monoisotopic (exact) mass is 381 g/mol. The van der Waals surface area contributed by atoms with Gasteiger partial charge in [-0.15, -0.1) is 0 Å². The van der Waals surface area contributed by atoms with E-state index in [4.69, 9.17) is 17.3 Å². The molecule has 7 nitrogen and oxygen atoms in total. The molecule has 0 spiro atoms. The summed E-state index contributed by atoms with van der Waals surface area (Å²) in [7, 11) is 0. The average molecular weight is 382 g/mol. The minimum Gasteiger partial charge on any atom is -0.383 e. The number of aromatic nitrogens is 3. The molecule has 1 saturated heterocycles. The summed E-state index contributed by atoms with van der Waals surface area (Å²) in [6.45, 7) is 1.77. The van der Waals surface area contributed by atoms with Gasteiger partial charge in [0.2, 0.25) is 11.8 Å². The fraction of sp³-hybridized carbons (Fsp3) is 0.158.